The molecule has 3 heterocycles. The van der Waals surface area contributed by atoms with E-state index in [1.165, 1.54) is 6.26 Å². The molecule has 3 aromatic rings. The fraction of sp³-hybridized carbons (Fsp3) is 0.286. The monoisotopic (exact) mass is 395 g/mol. The van der Waals surface area contributed by atoms with E-state index in [9.17, 15) is 9.59 Å². The van der Waals surface area contributed by atoms with Crippen molar-refractivity contribution in [1.82, 2.24) is 15.2 Å². The summed E-state index contributed by atoms with van der Waals surface area (Å²) < 4.78 is 5.18. The molecule has 1 aromatic carbocycles. The van der Waals surface area contributed by atoms with Crippen molar-refractivity contribution in [3.05, 3.63) is 65.6 Å². The van der Waals surface area contributed by atoms with Crippen molar-refractivity contribution in [3.8, 4) is 10.6 Å². The highest BCUT2D eigenvalue weighted by atomic mass is 32.1. The van der Waals surface area contributed by atoms with Crippen molar-refractivity contribution in [2.45, 2.75) is 25.3 Å². The fourth-order valence-electron chi connectivity index (χ4n) is 3.39. The Morgan fingerprint density at radius 2 is 2.07 bits per heavy atom. The maximum atomic E-state index is 12.6. The minimum absolute atomic E-state index is 0.115. The second-order valence-corrected chi connectivity index (χ2v) is 7.54. The summed E-state index contributed by atoms with van der Waals surface area (Å²) in [7, 11) is 0. The van der Waals surface area contributed by atoms with E-state index in [0.717, 1.165) is 22.7 Å². The van der Waals surface area contributed by atoms with Crippen molar-refractivity contribution in [2.24, 2.45) is 0 Å². The van der Waals surface area contributed by atoms with Gasteiger partial charge in [0.15, 0.2) is 5.76 Å². The molecule has 0 aliphatic carbocycles. The van der Waals surface area contributed by atoms with Gasteiger partial charge >= 0.3 is 0 Å². The number of aromatic nitrogens is 1. The average molecular weight is 395 g/mol. The number of carbonyl (C=O) groups excluding carboxylic acids is 2. The smallest absolute Gasteiger partial charge is 0.290 e. The van der Waals surface area contributed by atoms with Gasteiger partial charge in [0.2, 0.25) is 5.91 Å². The van der Waals surface area contributed by atoms with Gasteiger partial charge in [-0.1, -0.05) is 30.3 Å². The third kappa shape index (κ3) is 3.99. The van der Waals surface area contributed by atoms with Gasteiger partial charge in [-0.25, -0.2) is 4.98 Å². The molecule has 7 heteroatoms. The Morgan fingerprint density at radius 1 is 1.21 bits per heavy atom. The van der Waals surface area contributed by atoms with Gasteiger partial charge in [0, 0.05) is 30.5 Å². The van der Waals surface area contributed by atoms with Gasteiger partial charge in [-0.05, 0) is 25.0 Å². The second kappa shape index (κ2) is 8.39. The first-order chi connectivity index (χ1) is 13.7. The summed E-state index contributed by atoms with van der Waals surface area (Å²) in [5.41, 5.74) is 2.06. The zero-order chi connectivity index (χ0) is 19.3. The summed E-state index contributed by atoms with van der Waals surface area (Å²) in [6.07, 6.45) is 3.62. The molecule has 1 unspecified atom stereocenters. The van der Waals surface area contributed by atoms with E-state index < -0.39 is 6.04 Å². The summed E-state index contributed by atoms with van der Waals surface area (Å²) in [4.78, 5) is 31.3. The highest BCUT2D eigenvalue weighted by molar-refractivity contribution is 7.13. The summed E-state index contributed by atoms with van der Waals surface area (Å²) in [6, 6.07) is 12.9. The van der Waals surface area contributed by atoms with Gasteiger partial charge in [0.1, 0.15) is 11.0 Å². The van der Waals surface area contributed by atoms with Gasteiger partial charge in [-0.3, -0.25) is 9.59 Å². The van der Waals surface area contributed by atoms with Crippen molar-refractivity contribution < 1.29 is 14.0 Å². The molecule has 2 amide bonds. The van der Waals surface area contributed by atoms with Gasteiger partial charge in [0.05, 0.1) is 12.0 Å². The Morgan fingerprint density at radius 3 is 2.86 bits per heavy atom. The van der Waals surface area contributed by atoms with Crippen LogP contribution in [-0.2, 0) is 11.2 Å². The van der Waals surface area contributed by atoms with Gasteiger partial charge in [0.25, 0.3) is 5.91 Å². The molecule has 144 valence electrons. The van der Waals surface area contributed by atoms with Gasteiger partial charge < -0.3 is 14.6 Å². The zero-order valence-corrected chi connectivity index (χ0v) is 16.2. The van der Waals surface area contributed by atoms with Crippen LogP contribution in [0.25, 0.3) is 10.6 Å². The van der Waals surface area contributed by atoms with E-state index in [-0.39, 0.29) is 17.6 Å². The molecule has 0 spiro atoms. The molecule has 4 rings (SSSR count). The maximum Gasteiger partial charge on any atom is 0.290 e. The number of rotatable bonds is 6. The third-order valence-corrected chi connectivity index (χ3v) is 5.74. The largest absolute Gasteiger partial charge is 0.459 e. The number of furan rings is 1. The fourth-order valence-corrected chi connectivity index (χ4v) is 4.25. The first kappa shape index (κ1) is 18.4. The number of nitrogens with one attached hydrogen (secondary N) is 1. The van der Waals surface area contributed by atoms with E-state index in [1.807, 2.05) is 35.7 Å². The molecule has 6 nitrogen and oxygen atoms in total. The lowest BCUT2D eigenvalue weighted by Crippen LogP contribution is -2.46. The first-order valence-corrected chi connectivity index (χ1v) is 10.2. The van der Waals surface area contributed by atoms with Gasteiger partial charge in [-0.2, -0.15) is 0 Å². The van der Waals surface area contributed by atoms with E-state index in [0.29, 0.717) is 25.9 Å². The lowest BCUT2D eigenvalue weighted by atomic mass is 10.2. The summed E-state index contributed by atoms with van der Waals surface area (Å²) >= 11 is 1.60. The Kier molecular flexibility index (Phi) is 5.53. The number of likely N-dealkylation sites (tertiary alicyclic amines) is 1. The summed E-state index contributed by atoms with van der Waals surface area (Å²) in [5, 5.41) is 5.96. The van der Waals surface area contributed by atoms with Crippen LogP contribution in [0.2, 0.25) is 0 Å². The number of benzene rings is 1. The predicted octanol–water partition coefficient (Wildman–Crippen LogP) is 3.37. The van der Waals surface area contributed by atoms with Crippen molar-refractivity contribution in [2.75, 3.05) is 13.1 Å². The highest BCUT2D eigenvalue weighted by Crippen LogP contribution is 2.23. The first-order valence-electron chi connectivity index (χ1n) is 9.34. The molecule has 2 aromatic heterocycles. The molecule has 0 radical (unpaired) electrons. The summed E-state index contributed by atoms with van der Waals surface area (Å²) in [5.74, 6) is -0.0683. The van der Waals surface area contributed by atoms with E-state index in [1.54, 1.807) is 28.4 Å². The summed E-state index contributed by atoms with van der Waals surface area (Å²) in [6.45, 7) is 1.07. The van der Waals surface area contributed by atoms with Crippen LogP contribution in [0.3, 0.4) is 0 Å². The van der Waals surface area contributed by atoms with Gasteiger partial charge in [-0.15, -0.1) is 11.3 Å². The number of nitrogens with zero attached hydrogens (tertiary/aromatic N) is 2. The third-order valence-electron chi connectivity index (χ3n) is 4.80. The number of thiazole rings is 1. The van der Waals surface area contributed by atoms with Crippen LogP contribution in [0.1, 0.15) is 29.1 Å². The van der Waals surface area contributed by atoms with Crippen LogP contribution in [-0.4, -0.2) is 40.8 Å². The molecular weight excluding hydrogens is 374 g/mol. The number of hydrogen-bond donors (Lipinski definition) is 1. The highest BCUT2D eigenvalue weighted by Gasteiger charge is 2.35. The molecule has 1 N–H and O–H groups in total. The number of hydrogen-bond acceptors (Lipinski definition) is 5. The van der Waals surface area contributed by atoms with Crippen LogP contribution in [0.4, 0.5) is 0 Å². The minimum atomic E-state index is -0.437. The van der Waals surface area contributed by atoms with Crippen LogP contribution in [0.5, 0.6) is 0 Å². The van der Waals surface area contributed by atoms with Crippen molar-refractivity contribution in [3.63, 3.8) is 0 Å². The Bertz CT molecular complexity index is 937. The molecule has 1 fully saturated rings. The van der Waals surface area contributed by atoms with Crippen LogP contribution < -0.4 is 5.32 Å². The molecule has 1 saturated heterocycles. The average Bonchev–Trinajstić information content (AvgIpc) is 3.49. The quantitative estimate of drug-likeness (QED) is 0.694. The SMILES string of the molecule is O=C(NCCc1csc(-c2ccccc2)n1)C1CCCN1C(=O)c1ccco1. The van der Waals surface area contributed by atoms with E-state index in [2.05, 4.69) is 10.3 Å². The molecule has 1 aliphatic heterocycles. The zero-order valence-electron chi connectivity index (χ0n) is 15.3. The lowest BCUT2D eigenvalue weighted by molar-refractivity contribution is -0.124. The topological polar surface area (TPSA) is 75.4 Å². The standard InChI is InChI=1S/C21H21N3O3S/c25-19(17-8-4-12-24(17)21(26)18-9-5-13-27-18)22-11-10-16-14-28-20(23-16)15-6-2-1-3-7-15/h1-3,5-7,9,13-14,17H,4,8,10-12H2,(H,22,25). The van der Waals surface area contributed by atoms with Crippen LogP contribution in [0.15, 0.2) is 58.5 Å². The molecular formula is C21H21N3O3S. The molecule has 1 atom stereocenters. The molecule has 1 aliphatic rings. The van der Waals surface area contributed by atoms with Crippen LogP contribution in [0, 0.1) is 0 Å². The van der Waals surface area contributed by atoms with E-state index >= 15 is 0 Å². The minimum Gasteiger partial charge on any atom is -0.459 e. The van der Waals surface area contributed by atoms with E-state index in [4.69, 9.17) is 4.42 Å². The normalized spacial score (nSPS) is 16.3. The Hall–Kier alpha value is -2.93. The van der Waals surface area contributed by atoms with Crippen molar-refractivity contribution >= 4 is 23.2 Å². The lowest BCUT2D eigenvalue weighted by Gasteiger charge is -2.22. The molecule has 28 heavy (non-hydrogen) atoms. The Balaban J connectivity index is 1.31. The molecule has 0 saturated carbocycles. The van der Waals surface area contributed by atoms with Crippen molar-refractivity contribution in [1.29, 1.82) is 0 Å². The number of carbonyl (C=O) groups is 2. The maximum absolute atomic E-state index is 12.6. The second-order valence-electron chi connectivity index (χ2n) is 6.68. The predicted molar refractivity (Wildman–Crippen MR) is 107 cm³/mol. The van der Waals surface area contributed by atoms with Crippen LogP contribution >= 0.6 is 11.3 Å². The Labute approximate surface area is 167 Å². The molecule has 0 bridgehead atoms. The number of amides is 2.